The van der Waals surface area contributed by atoms with E-state index in [0.717, 1.165) is 32.1 Å². The highest BCUT2D eigenvalue weighted by Gasteiger charge is 2.13. The number of hydrogen-bond donors (Lipinski definition) is 2. The zero-order chi connectivity index (χ0) is 16.6. The minimum Gasteiger partial charge on any atom is -0.550 e. The number of allylic oxidation sites excluding steroid dienone is 1. The zero-order valence-electron chi connectivity index (χ0n) is 14.0. The second-order valence-corrected chi connectivity index (χ2v) is 6.02. The van der Waals surface area contributed by atoms with Gasteiger partial charge >= 0.3 is 0 Å². The van der Waals surface area contributed by atoms with Gasteiger partial charge in [0.05, 0.1) is 12.2 Å². The summed E-state index contributed by atoms with van der Waals surface area (Å²) in [7, 11) is 0. The minimum absolute atomic E-state index is 0.131. The third-order valence-corrected chi connectivity index (χ3v) is 3.84. The summed E-state index contributed by atoms with van der Waals surface area (Å²) in [5.74, 6) is -0.985. The molecule has 0 aromatic rings. The van der Waals surface area contributed by atoms with E-state index in [-0.39, 0.29) is 6.42 Å². The molecule has 0 aromatic heterocycles. The van der Waals surface area contributed by atoms with Crippen LogP contribution >= 0.6 is 0 Å². The number of carbonyl (C=O) groups is 1. The van der Waals surface area contributed by atoms with Gasteiger partial charge < -0.3 is 20.1 Å². The van der Waals surface area contributed by atoms with Gasteiger partial charge in [-0.3, -0.25) is 0 Å². The molecule has 2 N–H and O–H groups in total. The monoisotopic (exact) mass is 313 g/mol. The fourth-order valence-corrected chi connectivity index (χ4v) is 2.37. The Labute approximate surface area is 135 Å². The first-order chi connectivity index (χ1) is 10.6. The van der Waals surface area contributed by atoms with Crippen molar-refractivity contribution in [2.24, 2.45) is 0 Å². The van der Waals surface area contributed by atoms with Crippen molar-refractivity contribution in [2.75, 3.05) is 0 Å². The maximum atomic E-state index is 10.2. The summed E-state index contributed by atoms with van der Waals surface area (Å²) in [5, 5.41) is 29.9. The van der Waals surface area contributed by atoms with Crippen molar-refractivity contribution in [3.8, 4) is 0 Å². The van der Waals surface area contributed by atoms with E-state index in [4.69, 9.17) is 0 Å². The predicted molar refractivity (Wildman–Crippen MR) is 87.2 cm³/mol. The highest BCUT2D eigenvalue weighted by molar-refractivity contribution is 5.63. The molecule has 4 heteroatoms. The Bertz CT molecular complexity index is 289. The number of unbranched alkanes of at least 4 members (excludes halogenated alkanes) is 7. The van der Waals surface area contributed by atoms with Crippen LogP contribution in [-0.2, 0) is 4.79 Å². The van der Waals surface area contributed by atoms with Crippen LogP contribution < -0.4 is 5.11 Å². The Morgan fingerprint density at radius 2 is 1.64 bits per heavy atom. The van der Waals surface area contributed by atoms with Gasteiger partial charge in [-0.25, -0.2) is 0 Å². The first-order valence-electron chi connectivity index (χ1n) is 8.78. The van der Waals surface area contributed by atoms with E-state index in [1.165, 1.54) is 19.3 Å². The molecular formula is C18H33O4-. The van der Waals surface area contributed by atoms with Crippen molar-refractivity contribution >= 4 is 5.97 Å². The average Bonchev–Trinajstić information content (AvgIpc) is 2.49. The van der Waals surface area contributed by atoms with Gasteiger partial charge in [0.25, 0.3) is 0 Å². The van der Waals surface area contributed by atoms with Crippen LogP contribution in [0.4, 0.5) is 0 Å². The number of carboxylic acid groups (broad SMARTS) is 1. The van der Waals surface area contributed by atoms with Crippen molar-refractivity contribution in [1.29, 1.82) is 0 Å². The highest BCUT2D eigenvalue weighted by atomic mass is 16.4. The second-order valence-electron chi connectivity index (χ2n) is 6.02. The molecule has 0 aliphatic heterocycles. The number of carboxylic acids is 1. The summed E-state index contributed by atoms with van der Waals surface area (Å²) >= 11 is 0. The van der Waals surface area contributed by atoms with Crippen molar-refractivity contribution in [3.63, 3.8) is 0 Å². The van der Waals surface area contributed by atoms with Crippen LogP contribution in [0.25, 0.3) is 0 Å². The molecule has 2 atom stereocenters. The van der Waals surface area contributed by atoms with Crippen LogP contribution in [0.1, 0.15) is 84.0 Å². The summed E-state index contributed by atoms with van der Waals surface area (Å²) in [6.45, 7) is 2.17. The van der Waals surface area contributed by atoms with Crippen LogP contribution in [0.15, 0.2) is 12.2 Å². The molecule has 0 saturated carbocycles. The number of carbonyl (C=O) groups excluding carboxylic acids is 1. The molecule has 130 valence electrons. The van der Waals surface area contributed by atoms with Crippen LogP contribution in [-0.4, -0.2) is 28.4 Å². The van der Waals surface area contributed by atoms with Crippen LogP contribution in [0.2, 0.25) is 0 Å². The summed E-state index contributed by atoms with van der Waals surface area (Å²) in [4.78, 5) is 10.2. The topological polar surface area (TPSA) is 80.6 Å². The fourth-order valence-electron chi connectivity index (χ4n) is 2.37. The van der Waals surface area contributed by atoms with E-state index in [1.807, 2.05) is 6.08 Å². The van der Waals surface area contributed by atoms with Crippen molar-refractivity contribution in [3.05, 3.63) is 12.2 Å². The molecule has 0 bridgehead atoms. The standard InChI is InChI=1S/C18H34O4/c1-2-3-4-5-7-10-13-16(19)17(20)14-11-8-6-9-12-15-18(21)22/h7,10,16-17,19-20H,2-6,8-9,11-15H2,1H3,(H,21,22)/p-1/b10-7-. The first-order valence-corrected chi connectivity index (χ1v) is 8.78. The molecule has 0 rings (SSSR count). The lowest BCUT2D eigenvalue weighted by Crippen LogP contribution is -2.25. The number of aliphatic hydroxyl groups excluding tert-OH is 2. The van der Waals surface area contributed by atoms with Gasteiger partial charge in [0.15, 0.2) is 0 Å². The summed E-state index contributed by atoms with van der Waals surface area (Å²) in [6, 6.07) is 0. The fraction of sp³-hybridized carbons (Fsp3) is 0.833. The molecule has 0 aromatic carbocycles. The number of aliphatic carboxylic acids is 1. The van der Waals surface area contributed by atoms with E-state index < -0.39 is 18.2 Å². The Kier molecular flexibility index (Phi) is 14.4. The molecule has 0 fully saturated rings. The van der Waals surface area contributed by atoms with Crippen LogP contribution in [0.5, 0.6) is 0 Å². The maximum Gasteiger partial charge on any atom is 0.0833 e. The Hall–Kier alpha value is -0.870. The third-order valence-electron chi connectivity index (χ3n) is 3.84. The molecule has 0 spiro atoms. The van der Waals surface area contributed by atoms with Crippen LogP contribution in [0, 0.1) is 0 Å². The lowest BCUT2D eigenvalue weighted by Gasteiger charge is -2.16. The second kappa shape index (κ2) is 15.0. The van der Waals surface area contributed by atoms with Crippen LogP contribution in [0.3, 0.4) is 0 Å². The maximum absolute atomic E-state index is 10.2. The number of aliphatic hydroxyl groups is 2. The van der Waals surface area contributed by atoms with Gasteiger partial charge in [-0.2, -0.15) is 0 Å². The minimum atomic E-state index is -0.985. The summed E-state index contributed by atoms with van der Waals surface area (Å²) in [6.07, 6.45) is 13.0. The van der Waals surface area contributed by atoms with Gasteiger partial charge in [-0.1, -0.05) is 57.6 Å². The summed E-state index contributed by atoms with van der Waals surface area (Å²) < 4.78 is 0. The van der Waals surface area contributed by atoms with Crippen molar-refractivity contribution < 1.29 is 20.1 Å². The number of hydrogen-bond acceptors (Lipinski definition) is 4. The van der Waals surface area contributed by atoms with E-state index in [1.54, 1.807) is 0 Å². The van der Waals surface area contributed by atoms with Crippen molar-refractivity contribution in [1.82, 2.24) is 0 Å². The highest BCUT2D eigenvalue weighted by Crippen LogP contribution is 2.12. The molecule has 0 saturated heterocycles. The average molecular weight is 313 g/mol. The van der Waals surface area contributed by atoms with E-state index in [0.29, 0.717) is 19.3 Å². The SMILES string of the molecule is CCCCC/C=C\CC(O)C(O)CCCCCCCC(=O)[O-]. The smallest absolute Gasteiger partial charge is 0.0833 e. The summed E-state index contributed by atoms with van der Waals surface area (Å²) in [5.41, 5.74) is 0. The molecular weight excluding hydrogens is 280 g/mol. The third kappa shape index (κ3) is 14.1. The van der Waals surface area contributed by atoms with Gasteiger partial charge in [0, 0.05) is 5.97 Å². The quantitative estimate of drug-likeness (QED) is 0.360. The Morgan fingerprint density at radius 1 is 0.955 bits per heavy atom. The zero-order valence-corrected chi connectivity index (χ0v) is 14.0. The predicted octanol–water partition coefficient (Wildman–Crippen LogP) is 2.72. The van der Waals surface area contributed by atoms with Gasteiger partial charge in [0.2, 0.25) is 0 Å². The van der Waals surface area contributed by atoms with Gasteiger partial charge in [-0.15, -0.1) is 0 Å². The molecule has 4 nitrogen and oxygen atoms in total. The Balaban J connectivity index is 3.49. The number of rotatable bonds is 15. The van der Waals surface area contributed by atoms with E-state index in [2.05, 4.69) is 13.0 Å². The normalized spacial score (nSPS) is 14.3. The molecule has 2 unspecified atom stereocenters. The Morgan fingerprint density at radius 3 is 2.32 bits per heavy atom. The first kappa shape index (κ1) is 21.1. The molecule has 0 aliphatic carbocycles. The molecule has 0 radical (unpaired) electrons. The molecule has 22 heavy (non-hydrogen) atoms. The van der Waals surface area contributed by atoms with E-state index >= 15 is 0 Å². The van der Waals surface area contributed by atoms with E-state index in [9.17, 15) is 20.1 Å². The molecule has 0 amide bonds. The lowest BCUT2D eigenvalue weighted by atomic mass is 10.0. The molecule has 0 aliphatic rings. The molecule has 0 heterocycles. The lowest BCUT2D eigenvalue weighted by molar-refractivity contribution is -0.305. The van der Waals surface area contributed by atoms with Gasteiger partial charge in [0.1, 0.15) is 0 Å². The largest absolute Gasteiger partial charge is 0.550 e. The van der Waals surface area contributed by atoms with Crippen molar-refractivity contribution in [2.45, 2.75) is 96.2 Å². The van der Waals surface area contributed by atoms with Gasteiger partial charge in [-0.05, 0) is 38.5 Å².